The zero-order chi connectivity index (χ0) is 17.8. The molecule has 25 heavy (non-hydrogen) atoms. The molecule has 0 aromatic heterocycles. The Hall–Kier alpha value is -1.69. The molecule has 1 amide bonds. The summed E-state index contributed by atoms with van der Waals surface area (Å²) in [7, 11) is 0. The van der Waals surface area contributed by atoms with Crippen LogP contribution in [0.3, 0.4) is 0 Å². The minimum atomic E-state index is -2.93. The van der Waals surface area contributed by atoms with Crippen molar-refractivity contribution in [2.75, 3.05) is 26.2 Å². The van der Waals surface area contributed by atoms with E-state index < -0.39 is 6.61 Å². The van der Waals surface area contributed by atoms with E-state index in [4.69, 9.17) is 0 Å². The largest absolute Gasteiger partial charge is 0.434 e. The van der Waals surface area contributed by atoms with Gasteiger partial charge in [0.15, 0.2) is 0 Å². The van der Waals surface area contributed by atoms with E-state index in [1.54, 1.807) is 23.1 Å². The molecule has 2 aliphatic heterocycles. The third kappa shape index (κ3) is 4.29. The SMILES string of the molecule is CC(C1CCN(C(=O)c2ccccc2OC(F)F)CC1)N1CCCC1. The Labute approximate surface area is 147 Å². The van der Waals surface area contributed by atoms with Crippen molar-refractivity contribution in [3.8, 4) is 5.75 Å². The normalized spacial score (nSPS) is 20.9. The number of alkyl halides is 2. The maximum Gasteiger partial charge on any atom is 0.387 e. The number of carbonyl (C=O) groups excluding carboxylic acids is 1. The minimum absolute atomic E-state index is 0.0462. The van der Waals surface area contributed by atoms with Gasteiger partial charge in [-0.15, -0.1) is 0 Å². The monoisotopic (exact) mass is 352 g/mol. The van der Waals surface area contributed by atoms with E-state index >= 15 is 0 Å². The van der Waals surface area contributed by atoms with Crippen LogP contribution < -0.4 is 4.74 Å². The molecule has 1 atom stereocenters. The van der Waals surface area contributed by atoms with E-state index in [1.807, 2.05) is 0 Å². The Morgan fingerprint density at radius 1 is 1.12 bits per heavy atom. The molecule has 0 N–H and O–H groups in total. The highest BCUT2D eigenvalue weighted by Crippen LogP contribution is 2.28. The van der Waals surface area contributed by atoms with Crippen LogP contribution in [0.5, 0.6) is 5.75 Å². The molecule has 2 saturated heterocycles. The molecule has 138 valence electrons. The second kappa shape index (κ2) is 8.13. The van der Waals surface area contributed by atoms with E-state index in [9.17, 15) is 13.6 Å². The van der Waals surface area contributed by atoms with Crippen molar-refractivity contribution in [1.29, 1.82) is 0 Å². The van der Waals surface area contributed by atoms with E-state index in [-0.39, 0.29) is 17.2 Å². The van der Waals surface area contributed by atoms with Crippen LogP contribution >= 0.6 is 0 Å². The number of carbonyl (C=O) groups is 1. The summed E-state index contributed by atoms with van der Waals surface area (Å²) in [5.41, 5.74) is 0.217. The van der Waals surface area contributed by atoms with Crippen LogP contribution in [0.25, 0.3) is 0 Å². The summed E-state index contributed by atoms with van der Waals surface area (Å²) in [6.45, 7) is 3.06. The maximum absolute atomic E-state index is 12.7. The van der Waals surface area contributed by atoms with Crippen molar-refractivity contribution in [3.63, 3.8) is 0 Å². The van der Waals surface area contributed by atoms with Gasteiger partial charge in [0.1, 0.15) is 5.75 Å². The Balaban J connectivity index is 1.60. The standard InChI is InChI=1S/C19H26F2N2O2/c1-14(22-10-4-5-11-22)15-8-12-23(13-9-15)18(24)16-6-2-3-7-17(16)25-19(20)21/h2-3,6-7,14-15,19H,4-5,8-13H2,1H3. The molecular formula is C19H26F2N2O2. The first-order valence-electron chi connectivity index (χ1n) is 9.13. The van der Waals surface area contributed by atoms with Crippen molar-refractivity contribution in [3.05, 3.63) is 29.8 Å². The molecule has 6 heteroatoms. The highest BCUT2D eigenvalue weighted by molar-refractivity contribution is 5.97. The Kier molecular flexibility index (Phi) is 5.89. The summed E-state index contributed by atoms with van der Waals surface area (Å²) in [4.78, 5) is 17.0. The topological polar surface area (TPSA) is 32.8 Å². The number of hydrogen-bond acceptors (Lipinski definition) is 3. The van der Waals surface area contributed by atoms with Crippen molar-refractivity contribution >= 4 is 5.91 Å². The zero-order valence-corrected chi connectivity index (χ0v) is 14.7. The Morgan fingerprint density at radius 2 is 1.76 bits per heavy atom. The molecule has 0 aliphatic carbocycles. The molecule has 2 heterocycles. The summed E-state index contributed by atoms with van der Waals surface area (Å²) in [6.07, 6.45) is 4.48. The molecule has 1 aromatic carbocycles. The summed E-state index contributed by atoms with van der Waals surface area (Å²) in [6, 6.07) is 6.79. The van der Waals surface area contributed by atoms with Crippen LogP contribution in [0.4, 0.5) is 8.78 Å². The van der Waals surface area contributed by atoms with Gasteiger partial charge in [0, 0.05) is 19.1 Å². The number of para-hydroxylation sites is 1. The van der Waals surface area contributed by atoms with Gasteiger partial charge in [-0.2, -0.15) is 8.78 Å². The summed E-state index contributed by atoms with van der Waals surface area (Å²) in [5.74, 6) is 0.327. The predicted octanol–water partition coefficient (Wildman–Crippen LogP) is 3.62. The van der Waals surface area contributed by atoms with Crippen molar-refractivity contribution in [2.24, 2.45) is 5.92 Å². The second-order valence-electron chi connectivity index (χ2n) is 6.99. The van der Waals surface area contributed by atoms with Gasteiger partial charge in [0.05, 0.1) is 5.56 Å². The fraction of sp³-hybridized carbons (Fsp3) is 0.632. The number of nitrogens with zero attached hydrogens (tertiary/aromatic N) is 2. The number of piperidine rings is 1. The van der Waals surface area contributed by atoms with Gasteiger partial charge in [-0.05, 0) is 63.7 Å². The lowest BCUT2D eigenvalue weighted by Gasteiger charge is -2.38. The Morgan fingerprint density at radius 3 is 2.40 bits per heavy atom. The number of rotatable bonds is 5. The molecule has 2 fully saturated rings. The van der Waals surface area contributed by atoms with Crippen LogP contribution in [0.15, 0.2) is 24.3 Å². The number of likely N-dealkylation sites (tertiary alicyclic amines) is 2. The van der Waals surface area contributed by atoms with E-state index in [0.29, 0.717) is 25.0 Å². The molecule has 3 rings (SSSR count). The van der Waals surface area contributed by atoms with E-state index in [0.717, 1.165) is 12.8 Å². The van der Waals surface area contributed by atoms with Gasteiger partial charge < -0.3 is 14.5 Å². The fourth-order valence-corrected chi connectivity index (χ4v) is 4.04. The first-order chi connectivity index (χ1) is 12.1. The zero-order valence-electron chi connectivity index (χ0n) is 14.7. The van der Waals surface area contributed by atoms with Gasteiger partial charge in [-0.1, -0.05) is 12.1 Å². The summed E-state index contributed by atoms with van der Waals surface area (Å²) < 4.78 is 29.6. The smallest absolute Gasteiger partial charge is 0.387 e. The lowest BCUT2D eigenvalue weighted by atomic mass is 9.89. The molecule has 1 aromatic rings. The average Bonchev–Trinajstić information content (AvgIpc) is 3.15. The van der Waals surface area contributed by atoms with Gasteiger partial charge in [0.2, 0.25) is 0 Å². The average molecular weight is 352 g/mol. The van der Waals surface area contributed by atoms with Gasteiger partial charge >= 0.3 is 6.61 Å². The molecule has 0 spiro atoms. The van der Waals surface area contributed by atoms with Crippen LogP contribution in [0.1, 0.15) is 43.0 Å². The molecule has 0 bridgehead atoms. The summed E-state index contributed by atoms with van der Waals surface area (Å²) in [5, 5.41) is 0. The van der Waals surface area contributed by atoms with Crippen molar-refractivity contribution in [2.45, 2.75) is 45.3 Å². The molecule has 1 unspecified atom stereocenters. The lowest BCUT2D eigenvalue weighted by molar-refractivity contribution is -0.0503. The van der Waals surface area contributed by atoms with Crippen LogP contribution in [0, 0.1) is 5.92 Å². The lowest BCUT2D eigenvalue weighted by Crippen LogP contribution is -2.45. The number of hydrogen-bond donors (Lipinski definition) is 0. The summed E-state index contributed by atoms with van der Waals surface area (Å²) >= 11 is 0. The quantitative estimate of drug-likeness (QED) is 0.811. The molecule has 0 saturated carbocycles. The van der Waals surface area contributed by atoms with Crippen LogP contribution in [0.2, 0.25) is 0 Å². The molecule has 4 nitrogen and oxygen atoms in total. The Bertz CT molecular complexity index is 583. The molecule has 2 aliphatic rings. The maximum atomic E-state index is 12.7. The fourth-order valence-electron chi connectivity index (χ4n) is 4.04. The molecule has 0 radical (unpaired) electrons. The number of halogens is 2. The first-order valence-corrected chi connectivity index (χ1v) is 9.13. The number of amides is 1. The van der Waals surface area contributed by atoms with Gasteiger partial charge in [0.25, 0.3) is 5.91 Å². The van der Waals surface area contributed by atoms with Crippen LogP contribution in [-0.4, -0.2) is 54.5 Å². The molecular weight excluding hydrogens is 326 g/mol. The second-order valence-corrected chi connectivity index (χ2v) is 6.99. The third-order valence-corrected chi connectivity index (χ3v) is 5.56. The number of benzene rings is 1. The van der Waals surface area contributed by atoms with Gasteiger partial charge in [-0.25, -0.2) is 0 Å². The predicted molar refractivity (Wildman–Crippen MR) is 92.0 cm³/mol. The van der Waals surface area contributed by atoms with Crippen LogP contribution in [-0.2, 0) is 0 Å². The van der Waals surface area contributed by atoms with E-state index in [1.165, 1.54) is 32.0 Å². The van der Waals surface area contributed by atoms with Crippen molar-refractivity contribution < 1.29 is 18.3 Å². The first kappa shape index (κ1) is 18.1. The minimum Gasteiger partial charge on any atom is -0.434 e. The van der Waals surface area contributed by atoms with Crippen molar-refractivity contribution in [1.82, 2.24) is 9.80 Å². The highest BCUT2D eigenvalue weighted by atomic mass is 19.3. The number of ether oxygens (including phenoxy) is 1. The third-order valence-electron chi connectivity index (χ3n) is 5.56. The van der Waals surface area contributed by atoms with Gasteiger partial charge in [-0.3, -0.25) is 4.79 Å². The van der Waals surface area contributed by atoms with E-state index in [2.05, 4.69) is 16.6 Å². The highest BCUT2D eigenvalue weighted by Gasteiger charge is 2.31.